The summed E-state index contributed by atoms with van der Waals surface area (Å²) in [5.74, 6) is 0. The van der Waals surface area contributed by atoms with E-state index in [9.17, 15) is 4.79 Å². The van der Waals surface area contributed by atoms with Gasteiger partial charge in [0.05, 0.1) is 0 Å². The molecule has 2 rings (SSSR count). The Kier molecular flexibility index (Phi) is 2.43. The third kappa shape index (κ3) is 1.30. The minimum absolute atomic E-state index is 0.0515. The van der Waals surface area contributed by atoms with Gasteiger partial charge in [-0.05, 0) is 26.7 Å². The summed E-state index contributed by atoms with van der Waals surface area (Å²) in [6, 6.07) is 1.96. The highest BCUT2D eigenvalue weighted by molar-refractivity contribution is 5.32. The lowest BCUT2D eigenvalue weighted by molar-refractivity contribution is 0.498. The molecule has 0 spiro atoms. The molecular formula is C11H14N4O. The SMILES string of the molecule is CC(C)n1c(=N)c(C#N)c2n(c1=O)CCC2. The van der Waals surface area contributed by atoms with Crippen LogP contribution >= 0.6 is 0 Å². The lowest BCUT2D eigenvalue weighted by Gasteiger charge is -2.14. The standard InChI is InChI=1S/C11H14N4O/c1-7(2)15-10(13)8(6-12)9-4-3-5-14(9)11(15)16/h7,13H,3-5H2,1-2H3. The van der Waals surface area contributed by atoms with E-state index in [1.807, 2.05) is 13.8 Å². The van der Waals surface area contributed by atoms with Crippen molar-refractivity contribution in [3.8, 4) is 6.07 Å². The average molecular weight is 218 g/mol. The van der Waals surface area contributed by atoms with Gasteiger partial charge < -0.3 is 0 Å². The van der Waals surface area contributed by atoms with Crippen molar-refractivity contribution in [2.24, 2.45) is 0 Å². The molecular weight excluding hydrogens is 204 g/mol. The summed E-state index contributed by atoms with van der Waals surface area (Å²) in [4.78, 5) is 12.1. The largest absolute Gasteiger partial charge is 0.330 e. The quantitative estimate of drug-likeness (QED) is 0.746. The molecule has 0 aliphatic carbocycles. The Morgan fingerprint density at radius 2 is 2.19 bits per heavy atom. The topological polar surface area (TPSA) is 74.6 Å². The molecule has 5 heteroatoms. The van der Waals surface area contributed by atoms with Crippen molar-refractivity contribution in [3.63, 3.8) is 0 Å². The van der Waals surface area contributed by atoms with Gasteiger partial charge in [-0.25, -0.2) is 4.79 Å². The minimum atomic E-state index is -0.161. The second kappa shape index (κ2) is 3.63. The van der Waals surface area contributed by atoms with Crippen LogP contribution in [0.15, 0.2) is 4.79 Å². The van der Waals surface area contributed by atoms with E-state index in [4.69, 9.17) is 10.7 Å². The van der Waals surface area contributed by atoms with Crippen LogP contribution < -0.4 is 11.2 Å². The van der Waals surface area contributed by atoms with Crippen molar-refractivity contribution in [3.05, 3.63) is 27.2 Å². The van der Waals surface area contributed by atoms with Gasteiger partial charge in [0.2, 0.25) is 0 Å². The number of hydrogen-bond acceptors (Lipinski definition) is 3. The predicted octanol–water partition coefficient (Wildman–Crippen LogP) is 0.528. The van der Waals surface area contributed by atoms with Crippen LogP contribution in [0.4, 0.5) is 0 Å². The lowest BCUT2D eigenvalue weighted by atomic mass is 10.2. The number of nitrogens with one attached hydrogen (secondary N) is 1. The maximum absolute atomic E-state index is 12.1. The molecule has 1 aromatic heterocycles. The van der Waals surface area contributed by atoms with Gasteiger partial charge in [-0.3, -0.25) is 14.5 Å². The van der Waals surface area contributed by atoms with Crippen molar-refractivity contribution >= 4 is 0 Å². The van der Waals surface area contributed by atoms with Gasteiger partial charge in [0.25, 0.3) is 0 Å². The molecule has 0 amide bonds. The number of hydrogen-bond donors (Lipinski definition) is 1. The molecule has 84 valence electrons. The van der Waals surface area contributed by atoms with E-state index < -0.39 is 0 Å². The summed E-state index contributed by atoms with van der Waals surface area (Å²) < 4.78 is 3.02. The van der Waals surface area contributed by atoms with Crippen LogP contribution in [-0.2, 0) is 13.0 Å². The van der Waals surface area contributed by atoms with Crippen LogP contribution in [0.25, 0.3) is 0 Å². The maximum Gasteiger partial charge on any atom is 0.330 e. The van der Waals surface area contributed by atoms with Gasteiger partial charge in [0, 0.05) is 18.3 Å². The lowest BCUT2D eigenvalue weighted by Crippen LogP contribution is -2.42. The number of nitrogens with zero attached hydrogens (tertiary/aromatic N) is 3. The van der Waals surface area contributed by atoms with E-state index in [0.717, 1.165) is 18.5 Å². The van der Waals surface area contributed by atoms with Gasteiger partial charge >= 0.3 is 5.69 Å². The predicted molar refractivity (Wildman–Crippen MR) is 58.0 cm³/mol. The Balaban J connectivity index is 2.92. The summed E-state index contributed by atoms with van der Waals surface area (Å²) in [6.07, 6.45) is 1.61. The molecule has 2 heterocycles. The molecule has 0 saturated heterocycles. The average Bonchev–Trinajstić information content (AvgIpc) is 2.66. The van der Waals surface area contributed by atoms with Gasteiger partial charge in [-0.2, -0.15) is 5.26 Å². The fraction of sp³-hybridized carbons (Fsp3) is 0.545. The first kappa shape index (κ1) is 10.7. The van der Waals surface area contributed by atoms with E-state index in [1.54, 1.807) is 4.57 Å². The van der Waals surface area contributed by atoms with Crippen LogP contribution in [0.5, 0.6) is 0 Å². The number of nitriles is 1. The summed E-state index contributed by atoms with van der Waals surface area (Å²) in [5, 5.41) is 17.0. The highest BCUT2D eigenvalue weighted by Crippen LogP contribution is 2.13. The van der Waals surface area contributed by atoms with Gasteiger partial charge in [0.1, 0.15) is 17.1 Å². The van der Waals surface area contributed by atoms with E-state index in [2.05, 4.69) is 6.07 Å². The van der Waals surface area contributed by atoms with Crippen LogP contribution in [0, 0.1) is 16.7 Å². The molecule has 1 aliphatic rings. The van der Waals surface area contributed by atoms with Crippen molar-refractivity contribution < 1.29 is 0 Å². The molecule has 0 atom stereocenters. The number of rotatable bonds is 1. The molecule has 1 N–H and O–H groups in total. The third-order valence-electron chi connectivity index (χ3n) is 2.95. The van der Waals surface area contributed by atoms with E-state index in [0.29, 0.717) is 12.1 Å². The molecule has 0 saturated carbocycles. The van der Waals surface area contributed by atoms with Gasteiger partial charge in [-0.15, -0.1) is 0 Å². The molecule has 0 radical (unpaired) electrons. The summed E-state index contributed by atoms with van der Waals surface area (Å²) in [5.41, 5.74) is 0.974. The summed E-state index contributed by atoms with van der Waals surface area (Å²) in [7, 11) is 0. The highest BCUT2D eigenvalue weighted by Gasteiger charge is 2.21. The molecule has 0 bridgehead atoms. The smallest absolute Gasteiger partial charge is 0.296 e. The van der Waals surface area contributed by atoms with Crippen LogP contribution in [0.3, 0.4) is 0 Å². The molecule has 0 unspecified atom stereocenters. The van der Waals surface area contributed by atoms with Crippen LogP contribution in [0.2, 0.25) is 0 Å². The second-order valence-corrected chi connectivity index (χ2v) is 4.28. The Morgan fingerprint density at radius 1 is 1.50 bits per heavy atom. The second-order valence-electron chi connectivity index (χ2n) is 4.28. The Morgan fingerprint density at radius 3 is 2.75 bits per heavy atom. The fourth-order valence-corrected chi connectivity index (χ4v) is 2.22. The summed E-state index contributed by atoms with van der Waals surface area (Å²) in [6.45, 7) is 4.36. The molecule has 1 aliphatic heterocycles. The van der Waals surface area contributed by atoms with E-state index in [1.165, 1.54) is 4.57 Å². The first-order chi connectivity index (χ1) is 7.57. The zero-order chi connectivity index (χ0) is 11.9. The van der Waals surface area contributed by atoms with Crippen molar-refractivity contribution in [1.82, 2.24) is 9.13 Å². The van der Waals surface area contributed by atoms with Crippen molar-refractivity contribution in [2.75, 3.05) is 0 Å². The van der Waals surface area contributed by atoms with E-state index >= 15 is 0 Å². The number of fused-ring (bicyclic) bond motifs is 1. The van der Waals surface area contributed by atoms with Crippen molar-refractivity contribution in [1.29, 1.82) is 10.7 Å². The molecule has 0 aromatic carbocycles. The zero-order valence-electron chi connectivity index (χ0n) is 9.45. The van der Waals surface area contributed by atoms with E-state index in [-0.39, 0.29) is 17.2 Å². The maximum atomic E-state index is 12.1. The minimum Gasteiger partial charge on any atom is -0.296 e. The Labute approximate surface area is 93.1 Å². The Bertz CT molecular complexity index is 586. The molecule has 0 fully saturated rings. The Hall–Kier alpha value is -1.83. The molecule has 1 aromatic rings. The zero-order valence-corrected chi connectivity index (χ0v) is 9.45. The van der Waals surface area contributed by atoms with Crippen LogP contribution in [0.1, 0.15) is 37.6 Å². The summed E-state index contributed by atoms with van der Waals surface area (Å²) >= 11 is 0. The normalized spacial score (nSPS) is 13.9. The monoisotopic (exact) mass is 218 g/mol. The number of aromatic nitrogens is 2. The third-order valence-corrected chi connectivity index (χ3v) is 2.95. The first-order valence-corrected chi connectivity index (χ1v) is 5.40. The molecule has 5 nitrogen and oxygen atoms in total. The van der Waals surface area contributed by atoms with Crippen molar-refractivity contribution in [2.45, 2.75) is 39.3 Å². The molecule has 16 heavy (non-hydrogen) atoms. The first-order valence-electron chi connectivity index (χ1n) is 5.40. The highest BCUT2D eigenvalue weighted by atomic mass is 16.1. The van der Waals surface area contributed by atoms with Gasteiger partial charge in [0.15, 0.2) is 0 Å². The van der Waals surface area contributed by atoms with Crippen LogP contribution in [-0.4, -0.2) is 9.13 Å². The van der Waals surface area contributed by atoms with Gasteiger partial charge in [-0.1, -0.05) is 0 Å². The fourth-order valence-electron chi connectivity index (χ4n) is 2.22.